The lowest BCUT2D eigenvalue weighted by Gasteiger charge is -2.10. The maximum Gasteiger partial charge on any atom is 0.534 e. The van der Waals surface area contributed by atoms with E-state index in [1.54, 1.807) is 0 Å². The predicted octanol–water partition coefficient (Wildman–Crippen LogP) is 2.90. The van der Waals surface area contributed by atoms with Crippen LogP contribution in [0.15, 0.2) is 24.5 Å². The Morgan fingerprint density at radius 2 is 1.79 bits per heavy atom. The van der Waals surface area contributed by atoms with E-state index in [-0.39, 0.29) is 21.9 Å². The third-order valence-electron chi connectivity index (χ3n) is 3.15. The summed E-state index contributed by atoms with van der Waals surface area (Å²) < 4.78 is 117. The molecule has 8 nitrogen and oxygen atoms in total. The molecule has 0 saturated carbocycles. The first kappa shape index (κ1) is 20.1. The number of nitrogens with zero attached hydrogens (tertiary/aromatic N) is 2. The number of H-pyrrole nitrogens is 1. The number of hydrogen-bond acceptors (Lipinski definition) is 7. The van der Waals surface area contributed by atoms with Gasteiger partial charge in [-0.3, -0.25) is 0 Å². The molecule has 0 radical (unpaired) electrons. The van der Waals surface area contributed by atoms with Gasteiger partial charge in [0.2, 0.25) is 5.88 Å². The zero-order valence-corrected chi connectivity index (χ0v) is 14.5. The average Bonchev–Trinajstić information content (AvgIpc) is 2.91. The first-order valence-corrected chi connectivity index (χ1v) is 9.22. The van der Waals surface area contributed by atoms with Crippen molar-refractivity contribution in [1.82, 2.24) is 15.0 Å². The zero-order valence-electron chi connectivity index (χ0n) is 12.8. The number of aromatic amines is 1. The molecule has 1 atom stereocenters. The van der Waals surface area contributed by atoms with Gasteiger partial charge in [0.25, 0.3) is 0 Å². The molecule has 3 rings (SSSR count). The van der Waals surface area contributed by atoms with Gasteiger partial charge in [0.1, 0.15) is 5.65 Å². The van der Waals surface area contributed by atoms with Gasteiger partial charge in [0.05, 0.1) is 17.1 Å². The van der Waals surface area contributed by atoms with E-state index in [0.29, 0.717) is 0 Å². The Morgan fingerprint density at radius 1 is 1.11 bits per heavy atom. The lowest BCUT2D eigenvalue weighted by Crippen LogP contribution is -2.28. The van der Waals surface area contributed by atoms with E-state index < -0.39 is 43.8 Å². The third-order valence-corrected chi connectivity index (χ3v) is 4.81. The molecule has 3 aromatic heterocycles. The highest BCUT2D eigenvalue weighted by Crippen LogP contribution is 2.36. The Morgan fingerprint density at radius 3 is 2.39 bits per heavy atom. The normalized spacial score (nSPS) is 14.4. The van der Waals surface area contributed by atoms with E-state index in [1.807, 2.05) is 0 Å². The number of alkyl halides is 6. The molecule has 0 aliphatic rings. The minimum atomic E-state index is -6.02. The summed E-state index contributed by atoms with van der Waals surface area (Å²) in [5, 5.41) is -0.421. The Balaban J connectivity index is 2.13. The molecule has 28 heavy (non-hydrogen) atoms. The lowest BCUT2D eigenvalue weighted by atomic mass is 10.2. The van der Waals surface area contributed by atoms with Gasteiger partial charge in [-0.2, -0.15) is 34.8 Å². The number of halogens is 6. The Kier molecular flexibility index (Phi) is 4.65. The van der Waals surface area contributed by atoms with Gasteiger partial charge in [0, 0.05) is 23.7 Å². The molecule has 0 saturated heterocycles. The first-order valence-electron chi connectivity index (χ1n) is 6.74. The van der Waals surface area contributed by atoms with Gasteiger partial charge < -0.3 is 13.4 Å². The second-order valence-corrected chi connectivity index (χ2v) is 7.61. The molecule has 0 aromatic carbocycles. The molecule has 0 spiro atoms. The zero-order chi connectivity index (χ0) is 20.9. The minimum absolute atomic E-state index is 0.0631. The molecular formula is C12H5F6N3O5S2. The molecular weight excluding hydrogens is 444 g/mol. The van der Waals surface area contributed by atoms with Gasteiger partial charge in [-0.1, -0.05) is 0 Å². The summed E-state index contributed by atoms with van der Waals surface area (Å²) in [6.07, 6.45) is 1.88. The summed E-state index contributed by atoms with van der Waals surface area (Å²) in [5.41, 5.74) is -11.0. The highest BCUT2D eigenvalue weighted by Gasteiger charge is 2.49. The van der Waals surface area contributed by atoms with Gasteiger partial charge in [-0.15, -0.1) is 0 Å². The monoisotopic (exact) mass is 449 g/mol. The second kappa shape index (κ2) is 6.47. The van der Waals surface area contributed by atoms with Crippen LogP contribution in [0.25, 0.3) is 21.9 Å². The molecule has 0 bridgehead atoms. The maximum atomic E-state index is 12.6. The number of hydrogen-bond donors (Lipinski definition) is 1. The Labute approximate surface area is 153 Å². The van der Waals surface area contributed by atoms with Crippen LogP contribution < -0.4 is 8.37 Å². The van der Waals surface area contributed by atoms with Crippen LogP contribution >= 0.6 is 0 Å². The average molecular weight is 449 g/mol. The van der Waals surface area contributed by atoms with Gasteiger partial charge in [-0.25, -0.2) is 14.2 Å². The van der Waals surface area contributed by atoms with Crippen LogP contribution in [0.5, 0.6) is 11.6 Å². The second-order valence-electron chi connectivity index (χ2n) is 4.97. The van der Waals surface area contributed by atoms with Crippen molar-refractivity contribution in [2.45, 2.75) is 11.0 Å². The molecule has 3 aromatic rings. The van der Waals surface area contributed by atoms with Crippen LogP contribution in [0.1, 0.15) is 0 Å². The van der Waals surface area contributed by atoms with E-state index in [9.17, 15) is 39.0 Å². The molecule has 16 heteroatoms. The smallest absolute Gasteiger partial charge is 0.375 e. The van der Waals surface area contributed by atoms with Crippen LogP contribution in [-0.4, -0.2) is 38.6 Å². The molecule has 0 aliphatic heterocycles. The maximum absolute atomic E-state index is 12.6. The van der Waals surface area contributed by atoms with E-state index >= 15 is 0 Å². The van der Waals surface area contributed by atoms with Crippen molar-refractivity contribution >= 4 is 43.1 Å². The van der Waals surface area contributed by atoms with E-state index in [4.69, 9.17) is 0 Å². The quantitative estimate of drug-likeness (QED) is 0.370. The largest absolute Gasteiger partial charge is 0.534 e. The third kappa shape index (κ3) is 3.68. The SMILES string of the molecule is O=S(Oc1cc2c(cn1)[nH]c1nccc(OS(=O)(=O)C(F)(F)F)c12)C(F)(F)F. The van der Waals surface area contributed by atoms with Crippen molar-refractivity contribution in [1.29, 1.82) is 0 Å². The number of rotatable bonds is 4. The van der Waals surface area contributed by atoms with Crippen molar-refractivity contribution in [2.24, 2.45) is 0 Å². The molecule has 0 amide bonds. The number of aromatic nitrogens is 3. The summed E-state index contributed by atoms with van der Waals surface area (Å²) >= 11 is -3.75. The molecule has 0 fully saturated rings. The summed E-state index contributed by atoms with van der Waals surface area (Å²) in [6.45, 7) is 0. The van der Waals surface area contributed by atoms with Crippen LogP contribution in [-0.2, 0) is 21.2 Å². The summed E-state index contributed by atoms with van der Waals surface area (Å²) in [5.74, 6) is -1.57. The topological polar surface area (TPSA) is 111 Å². The van der Waals surface area contributed by atoms with Crippen molar-refractivity contribution in [3.05, 3.63) is 24.5 Å². The first-order chi connectivity index (χ1) is 12.8. The van der Waals surface area contributed by atoms with Gasteiger partial charge in [0.15, 0.2) is 5.75 Å². The fourth-order valence-electron chi connectivity index (χ4n) is 2.07. The standard InChI is InChI=1S/C12H5F6N3O5S2/c13-11(14,15)27(22)25-8-3-5-6(4-20-8)21-10-9(5)7(1-2-19-10)26-28(23,24)12(16,17)18/h1-4H,(H,19,21). The highest BCUT2D eigenvalue weighted by atomic mass is 32.2. The van der Waals surface area contributed by atoms with Crippen LogP contribution in [0.2, 0.25) is 0 Å². The fraction of sp³-hybridized carbons (Fsp3) is 0.167. The predicted molar refractivity (Wildman–Crippen MR) is 81.8 cm³/mol. The van der Waals surface area contributed by atoms with Crippen molar-refractivity contribution in [3.63, 3.8) is 0 Å². The van der Waals surface area contributed by atoms with Crippen LogP contribution in [0.3, 0.4) is 0 Å². The number of fused-ring (bicyclic) bond motifs is 3. The van der Waals surface area contributed by atoms with Crippen LogP contribution in [0.4, 0.5) is 26.3 Å². The van der Waals surface area contributed by atoms with Crippen molar-refractivity contribution < 1.29 is 47.3 Å². The Hall–Kier alpha value is -2.62. The highest BCUT2D eigenvalue weighted by molar-refractivity contribution is 7.88. The molecule has 152 valence electrons. The molecule has 1 N–H and O–H groups in total. The number of pyridine rings is 2. The van der Waals surface area contributed by atoms with E-state index in [2.05, 4.69) is 23.3 Å². The Bertz CT molecular complexity index is 1190. The summed E-state index contributed by atoms with van der Waals surface area (Å²) in [4.78, 5) is 9.84. The van der Waals surface area contributed by atoms with Crippen molar-refractivity contribution in [2.75, 3.05) is 0 Å². The molecule has 1 unspecified atom stereocenters. The molecule has 0 aliphatic carbocycles. The lowest BCUT2D eigenvalue weighted by molar-refractivity contribution is -0.0500. The minimum Gasteiger partial charge on any atom is -0.375 e. The fourth-order valence-corrected chi connectivity index (χ4v) is 2.89. The number of nitrogens with one attached hydrogen (secondary N) is 1. The summed E-state index contributed by atoms with van der Waals surface area (Å²) in [6, 6.07) is 1.63. The van der Waals surface area contributed by atoms with Crippen molar-refractivity contribution in [3.8, 4) is 11.6 Å². The molecule has 3 heterocycles. The van der Waals surface area contributed by atoms with Gasteiger partial charge in [-0.05, 0) is 0 Å². The summed E-state index contributed by atoms with van der Waals surface area (Å²) in [7, 11) is -6.02. The van der Waals surface area contributed by atoms with E-state index in [1.165, 1.54) is 0 Å². The van der Waals surface area contributed by atoms with Gasteiger partial charge >= 0.3 is 32.2 Å². The van der Waals surface area contributed by atoms with Crippen LogP contribution in [0, 0.1) is 0 Å². The van der Waals surface area contributed by atoms with E-state index in [0.717, 1.165) is 24.5 Å².